The molecule has 2 aromatic rings. The summed E-state index contributed by atoms with van der Waals surface area (Å²) in [4.78, 5) is 21.9. The monoisotopic (exact) mass is 415 g/mol. The number of benzene rings is 1. The molecular formula is C21H26ClN5O2. The maximum Gasteiger partial charge on any atom is 0.300 e. The number of hydrogen-bond acceptors (Lipinski definition) is 6. The predicted octanol–water partition coefficient (Wildman–Crippen LogP) is 3.45. The Hall–Kier alpha value is -2.64. The standard InChI is InChI=1S/C21H26ClN5O2/c1-3-26(14-18-9-10-20(22)23-13-18)21-19(27(28)29)15-25(16-24(21)2)12-11-17-7-5-4-6-8-17/h4-10,13H,3,11-12,14-16H2,1-2H3. The summed E-state index contributed by atoms with van der Waals surface area (Å²) in [6, 6.07) is 13.8. The van der Waals surface area contributed by atoms with Gasteiger partial charge in [-0.15, -0.1) is 0 Å². The lowest BCUT2D eigenvalue weighted by Crippen LogP contribution is -2.48. The molecule has 29 heavy (non-hydrogen) atoms. The minimum Gasteiger partial charge on any atom is -0.349 e. The SMILES string of the molecule is CCN(Cc1ccc(Cl)nc1)C1=C([N+](=O)[O-])CN(CCc2ccccc2)CN1C. The Morgan fingerprint density at radius 2 is 1.97 bits per heavy atom. The second kappa shape index (κ2) is 9.71. The van der Waals surface area contributed by atoms with Gasteiger partial charge >= 0.3 is 0 Å². The smallest absolute Gasteiger partial charge is 0.300 e. The summed E-state index contributed by atoms with van der Waals surface area (Å²) in [5, 5.41) is 12.3. The van der Waals surface area contributed by atoms with E-state index in [0.29, 0.717) is 37.3 Å². The van der Waals surface area contributed by atoms with Crippen molar-refractivity contribution >= 4 is 11.6 Å². The molecule has 0 saturated heterocycles. The minimum absolute atomic E-state index is 0.232. The molecule has 0 N–H and O–H groups in total. The van der Waals surface area contributed by atoms with Crippen molar-refractivity contribution in [1.82, 2.24) is 19.7 Å². The van der Waals surface area contributed by atoms with E-state index in [4.69, 9.17) is 11.6 Å². The van der Waals surface area contributed by atoms with Crippen LogP contribution in [0.2, 0.25) is 5.15 Å². The Balaban J connectivity index is 1.77. The van der Waals surface area contributed by atoms with Crippen molar-refractivity contribution in [1.29, 1.82) is 0 Å². The third kappa shape index (κ3) is 5.46. The van der Waals surface area contributed by atoms with E-state index < -0.39 is 0 Å². The quantitative estimate of drug-likeness (QED) is 0.374. The highest BCUT2D eigenvalue weighted by atomic mass is 35.5. The second-order valence-electron chi connectivity index (χ2n) is 7.16. The van der Waals surface area contributed by atoms with Crippen molar-refractivity contribution in [3.63, 3.8) is 0 Å². The first-order valence-corrected chi connectivity index (χ1v) is 10.1. The highest BCUT2D eigenvalue weighted by Crippen LogP contribution is 2.24. The summed E-state index contributed by atoms with van der Waals surface area (Å²) in [6.07, 6.45) is 2.58. The van der Waals surface area contributed by atoms with Crippen LogP contribution in [0.25, 0.3) is 0 Å². The van der Waals surface area contributed by atoms with Crippen molar-refractivity contribution in [2.75, 3.05) is 33.4 Å². The van der Waals surface area contributed by atoms with E-state index in [1.54, 1.807) is 12.3 Å². The van der Waals surface area contributed by atoms with E-state index >= 15 is 0 Å². The van der Waals surface area contributed by atoms with Gasteiger partial charge in [-0.3, -0.25) is 15.0 Å². The highest BCUT2D eigenvalue weighted by Gasteiger charge is 2.33. The fourth-order valence-corrected chi connectivity index (χ4v) is 3.73. The third-order valence-electron chi connectivity index (χ3n) is 5.03. The maximum atomic E-state index is 11.9. The van der Waals surface area contributed by atoms with Gasteiger partial charge in [-0.2, -0.15) is 0 Å². The summed E-state index contributed by atoms with van der Waals surface area (Å²) in [6.45, 7) is 4.95. The summed E-state index contributed by atoms with van der Waals surface area (Å²) >= 11 is 5.87. The van der Waals surface area contributed by atoms with Gasteiger partial charge in [0.1, 0.15) is 5.15 Å². The summed E-state index contributed by atoms with van der Waals surface area (Å²) < 4.78 is 0. The lowest BCUT2D eigenvalue weighted by molar-refractivity contribution is -0.433. The largest absolute Gasteiger partial charge is 0.349 e. The summed E-state index contributed by atoms with van der Waals surface area (Å²) in [5.74, 6) is 0.670. The summed E-state index contributed by atoms with van der Waals surface area (Å²) in [5.41, 5.74) is 2.43. The molecule has 0 aliphatic carbocycles. The molecule has 0 saturated carbocycles. The highest BCUT2D eigenvalue weighted by molar-refractivity contribution is 6.29. The molecule has 0 fully saturated rings. The second-order valence-corrected chi connectivity index (χ2v) is 7.55. The van der Waals surface area contributed by atoms with Crippen LogP contribution >= 0.6 is 11.6 Å². The number of rotatable bonds is 8. The molecule has 1 aromatic carbocycles. The Kier molecular flexibility index (Phi) is 7.06. The van der Waals surface area contributed by atoms with Crippen LogP contribution in [0, 0.1) is 10.1 Å². The molecule has 0 unspecified atom stereocenters. The molecule has 0 atom stereocenters. The van der Waals surface area contributed by atoms with Crippen LogP contribution in [-0.2, 0) is 13.0 Å². The zero-order valence-corrected chi connectivity index (χ0v) is 17.5. The van der Waals surface area contributed by atoms with Crippen LogP contribution in [0.15, 0.2) is 60.2 Å². The number of hydrogen-bond donors (Lipinski definition) is 0. The summed E-state index contributed by atoms with van der Waals surface area (Å²) in [7, 11) is 1.91. The van der Waals surface area contributed by atoms with Crippen LogP contribution in [0.5, 0.6) is 0 Å². The van der Waals surface area contributed by atoms with Gasteiger partial charge in [-0.05, 0) is 30.5 Å². The predicted molar refractivity (Wildman–Crippen MR) is 114 cm³/mol. The molecule has 154 valence electrons. The van der Waals surface area contributed by atoms with Crippen LogP contribution < -0.4 is 0 Å². The molecule has 1 aliphatic rings. The van der Waals surface area contributed by atoms with Crippen molar-refractivity contribution in [2.24, 2.45) is 0 Å². The van der Waals surface area contributed by atoms with Gasteiger partial charge in [-0.1, -0.05) is 48.0 Å². The van der Waals surface area contributed by atoms with Gasteiger partial charge in [0.2, 0.25) is 0 Å². The number of aromatic nitrogens is 1. The zero-order chi connectivity index (χ0) is 20.8. The Morgan fingerprint density at radius 3 is 2.59 bits per heavy atom. The molecule has 1 aliphatic heterocycles. The molecule has 0 spiro atoms. The van der Waals surface area contributed by atoms with Crippen molar-refractivity contribution in [2.45, 2.75) is 19.9 Å². The maximum absolute atomic E-state index is 11.9. The normalized spacial score (nSPS) is 14.9. The van der Waals surface area contributed by atoms with Gasteiger partial charge < -0.3 is 9.80 Å². The van der Waals surface area contributed by atoms with Gasteiger partial charge in [0.15, 0.2) is 5.82 Å². The Bertz CT molecular complexity index is 857. The molecule has 3 rings (SSSR count). The Morgan fingerprint density at radius 1 is 1.21 bits per heavy atom. The average molecular weight is 416 g/mol. The van der Waals surface area contributed by atoms with E-state index in [9.17, 15) is 10.1 Å². The first-order valence-electron chi connectivity index (χ1n) is 9.68. The van der Waals surface area contributed by atoms with E-state index in [2.05, 4.69) is 22.0 Å². The van der Waals surface area contributed by atoms with Crippen LogP contribution in [0.1, 0.15) is 18.1 Å². The number of halogens is 1. The van der Waals surface area contributed by atoms with Crippen molar-refractivity contribution in [3.8, 4) is 0 Å². The molecule has 0 radical (unpaired) electrons. The third-order valence-corrected chi connectivity index (χ3v) is 5.25. The molecular weight excluding hydrogens is 390 g/mol. The molecule has 7 nitrogen and oxygen atoms in total. The fourth-order valence-electron chi connectivity index (χ4n) is 3.62. The van der Waals surface area contributed by atoms with E-state index in [-0.39, 0.29) is 10.6 Å². The molecule has 8 heteroatoms. The minimum atomic E-state index is -0.247. The zero-order valence-electron chi connectivity index (χ0n) is 16.8. The average Bonchev–Trinajstić information content (AvgIpc) is 2.72. The van der Waals surface area contributed by atoms with Crippen molar-refractivity contribution < 1.29 is 4.92 Å². The molecule has 0 bridgehead atoms. The van der Waals surface area contributed by atoms with Crippen LogP contribution in [0.3, 0.4) is 0 Å². The van der Waals surface area contributed by atoms with Gasteiger partial charge in [0.05, 0.1) is 18.1 Å². The van der Waals surface area contributed by atoms with Gasteiger partial charge in [0, 0.05) is 32.9 Å². The molecule has 0 amide bonds. The molecule has 2 heterocycles. The number of pyridine rings is 1. The fraction of sp³-hybridized carbons (Fsp3) is 0.381. The van der Waals surface area contributed by atoms with E-state index in [1.807, 2.05) is 48.0 Å². The first kappa shape index (κ1) is 21.1. The van der Waals surface area contributed by atoms with Gasteiger partial charge in [0.25, 0.3) is 5.70 Å². The van der Waals surface area contributed by atoms with E-state index in [0.717, 1.165) is 18.5 Å². The number of nitrogens with zero attached hydrogens (tertiary/aromatic N) is 5. The van der Waals surface area contributed by atoms with Crippen molar-refractivity contribution in [3.05, 3.63) is 86.6 Å². The first-order chi connectivity index (χ1) is 14.0. The Labute approximate surface area is 176 Å². The van der Waals surface area contributed by atoms with Gasteiger partial charge in [-0.25, -0.2) is 4.98 Å². The van der Waals surface area contributed by atoms with E-state index in [1.165, 1.54) is 5.56 Å². The van der Waals surface area contributed by atoms with Crippen LogP contribution in [0.4, 0.5) is 0 Å². The lowest BCUT2D eigenvalue weighted by Gasteiger charge is -2.39. The molecule has 1 aromatic heterocycles. The number of nitro groups is 1. The topological polar surface area (TPSA) is 65.8 Å². The van der Waals surface area contributed by atoms with Crippen LogP contribution in [-0.4, -0.2) is 58.0 Å². The lowest BCUT2D eigenvalue weighted by atomic mass is 10.1.